The summed E-state index contributed by atoms with van der Waals surface area (Å²) in [7, 11) is 0. The number of anilines is 1. The first kappa shape index (κ1) is 16.2. The van der Waals surface area contributed by atoms with Gasteiger partial charge >= 0.3 is 0 Å². The molecule has 0 aliphatic heterocycles. The van der Waals surface area contributed by atoms with Gasteiger partial charge in [-0.2, -0.15) is 0 Å². The van der Waals surface area contributed by atoms with Crippen LogP contribution in [-0.2, 0) is 5.41 Å². The maximum absolute atomic E-state index is 14.1. The van der Waals surface area contributed by atoms with E-state index in [-0.39, 0.29) is 11.2 Å². The highest BCUT2D eigenvalue weighted by Gasteiger charge is 2.18. The number of halogens is 2. The summed E-state index contributed by atoms with van der Waals surface area (Å²) in [5.74, 6) is -0.185. The van der Waals surface area contributed by atoms with E-state index in [1.807, 2.05) is 58.0 Å². The molecule has 0 spiro atoms. The third-order valence-electron chi connectivity index (χ3n) is 3.08. The molecule has 1 nitrogen and oxygen atoms in total. The molecule has 0 heterocycles. The largest absolute Gasteiger partial charge is 0.326 e. The van der Waals surface area contributed by atoms with E-state index in [0.29, 0.717) is 5.02 Å². The minimum atomic E-state index is -0.195. The molecule has 2 aromatic rings. The Kier molecular flexibility index (Phi) is 4.84. The number of hydrogen-bond donors (Lipinski definition) is 1. The van der Waals surface area contributed by atoms with Crippen LogP contribution in [0.15, 0.2) is 41.3 Å². The summed E-state index contributed by atoms with van der Waals surface area (Å²) in [5, 5.41) is 0.702. The topological polar surface area (TPSA) is 12.0 Å². The molecule has 0 fully saturated rings. The lowest BCUT2D eigenvalue weighted by atomic mass is 9.86. The summed E-state index contributed by atoms with van der Waals surface area (Å²) in [4.78, 5) is 1.00. The van der Waals surface area contributed by atoms with Gasteiger partial charge in [0.1, 0.15) is 5.82 Å². The monoisotopic (exact) mass is 323 g/mol. The van der Waals surface area contributed by atoms with Crippen LogP contribution in [0.4, 0.5) is 10.1 Å². The van der Waals surface area contributed by atoms with Crippen LogP contribution in [0.3, 0.4) is 0 Å². The summed E-state index contributed by atoms with van der Waals surface area (Å²) >= 11 is 7.45. The zero-order valence-corrected chi connectivity index (χ0v) is 14.2. The molecule has 0 aliphatic rings. The molecule has 0 aromatic heterocycles. The highest BCUT2D eigenvalue weighted by atomic mass is 35.5. The van der Waals surface area contributed by atoms with Gasteiger partial charge in [-0.25, -0.2) is 4.39 Å². The van der Waals surface area contributed by atoms with E-state index in [1.54, 1.807) is 0 Å². The number of hydrogen-bond acceptors (Lipinski definition) is 2. The van der Waals surface area contributed by atoms with E-state index in [4.69, 9.17) is 11.6 Å². The molecule has 4 heteroatoms. The lowest BCUT2D eigenvalue weighted by Gasteiger charge is -2.20. The predicted molar refractivity (Wildman–Crippen MR) is 90.8 cm³/mol. The number of rotatable bonds is 3. The molecular weight excluding hydrogens is 305 g/mol. The molecule has 2 rings (SSSR count). The quantitative estimate of drug-likeness (QED) is 0.674. The number of benzene rings is 2. The van der Waals surface area contributed by atoms with Crippen LogP contribution in [0, 0.1) is 12.7 Å². The summed E-state index contributed by atoms with van der Waals surface area (Å²) in [6.45, 7) is 8.00. The van der Waals surface area contributed by atoms with E-state index < -0.39 is 0 Å². The van der Waals surface area contributed by atoms with Gasteiger partial charge in [0.25, 0.3) is 0 Å². The normalized spacial score (nSPS) is 11.5. The second-order valence-electron chi connectivity index (χ2n) is 6.11. The number of nitrogens with one attached hydrogen (secondary N) is 1. The summed E-state index contributed by atoms with van der Waals surface area (Å²) < 4.78 is 17.3. The molecule has 112 valence electrons. The van der Waals surface area contributed by atoms with Crippen molar-refractivity contribution in [3.05, 3.63) is 58.4 Å². The molecule has 0 unspecified atom stereocenters. The maximum Gasteiger partial charge on any atom is 0.129 e. The predicted octanol–water partition coefficient (Wildman–Crippen LogP) is 6.20. The van der Waals surface area contributed by atoms with E-state index in [0.717, 1.165) is 21.7 Å². The van der Waals surface area contributed by atoms with Crippen LogP contribution >= 0.6 is 23.5 Å². The van der Waals surface area contributed by atoms with Crippen LogP contribution in [0.2, 0.25) is 5.02 Å². The third-order valence-corrected chi connectivity index (χ3v) is 4.11. The molecule has 1 N–H and O–H groups in total. The van der Waals surface area contributed by atoms with Crippen molar-refractivity contribution < 1.29 is 4.39 Å². The maximum atomic E-state index is 14.1. The highest BCUT2D eigenvalue weighted by molar-refractivity contribution is 8.00. The smallest absolute Gasteiger partial charge is 0.129 e. The zero-order chi connectivity index (χ0) is 15.6. The highest BCUT2D eigenvalue weighted by Crippen LogP contribution is 2.29. The fraction of sp³-hybridized carbons (Fsp3) is 0.294. The average molecular weight is 324 g/mol. The Morgan fingerprint density at radius 3 is 2.38 bits per heavy atom. The van der Waals surface area contributed by atoms with Crippen LogP contribution in [-0.4, -0.2) is 0 Å². The van der Waals surface area contributed by atoms with Gasteiger partial charge in [0.15, 0.2) is 0 Å². The van der Waals surface area contributed by atoms with Crippen molar-refractivity contribution in [2.75, 3.05) is 4.72 Å². The SMILES string of the molecule is Cc1cc(Cl)cc(SNc2ccc(C(C)(C)C)c(F)c2)c1. The minimum absolute atomic E-state index is 0.185. The molecule has 21 heavy (non-hydrogen) atoms. The Bertz CT molecular complexity index is 629. The second-order valence-corrected chi connectivity index (χ2v) is 7.43. The minimum Gasteiger partial charge on any atom is -0.326 e. The van der Waals surface area contributed by atoms with Crippen molar-refractivity contribution >= 4 is 29.2 Å². The summed E-state index contributed by atoms with van der Waals surface area (Å²) in [6, 6.07) is 11.1. The van der Waals surface area contributed by atoms with Gasteiger partial charge in [0, 0.05) is 15.6 Å². The molecule has 0 bridgehead atoms. The Balaban J connectivity index is 2.12. The van der Waals surface area contributed by atoms with Crippen molar-refractivity contribution in [2.45, 2.75) is 38.0 Å². The molecule has 0 aliphatic carbocycles. The van der Waals surface area contributed by atoms with E-state index in [2.05, 4.69) is 4.72 Å². The van der Waals surface area contributed by atoms with Crippen molar-refractivity contribution in [1.82, 2.24) is 0 Å². The Hall–Kier alpha value is -1.19. The Labute approximate surface area is 135 Å². The fourth-order valence-electron chi connectivity index (χ4n) is 2.07. The van der Waals surface area contributed by atoms with E-state index >= 15 is 0 Å². The van der Waals surface area contributed by atoms with Crippen LogP contribution in [0.1, 0.15) is 31.9 Å². The summed E-state index contributed by atoms with van der Waals surface area (Å²) in [6.07, 6.45) is 0. The fourth-order valence-corrected chi connectivity index (χ4v) is 3.21. The molecule has 0 saturated heterocycles. The van der Waals surface area contributed by atoms with Crippen LogP contribution in [0.25, 0.3) is 0 Å². The lowest BCUT2D eigenvalue weighted by Crippen LogP contribution is -2.13. The van der Waals surface area contributed by atoms with E-state index in [9.17, 15) is 4.39 Å². The average Bonchev–Trinajstić information content (AvgIpc) is 2.33. The van der Waals surface area contributed by atoms with Gasteiger partial charge < -0.3 is 4.72 Å². The van der Waals surface area contributed by atoms with Gasteiger partial charge in [-0.3, -0.25) is 0 Å². The first-order valence-electron chi connectivity index (χ1n) is 6.76. The number of aryl methyl sites for hydroxylation is 1. The first-order chi connectivity index (χ1) is 9.75. The van der Waals surface area contributed by atoms with Gasteiger partial charge in [-0.15, -0.1) is 0 Å². The second kappa shape index (κ2) is 6.29. The van der Waals surface area contributed by atoms with Gasteiger partial charge in [-0.1, -0.05) is 38.4 Å². The molecular formula is C17H19ClFNS. The zero-order valence-electron chi connectivity index (χ0n) is 12.6. The Morgan fingerprint density at radius 2 is 1.81 bits per heavy atom. The molecule has 2 aromatic carbocycles. The lowest BCUT2D eigenvalue weighted by molar-refractivity contribution is 0.523. The first-order valence-corrected chi connectivity index (χ1v) is 7.95. The van der Waals surface area contributed by atoms with Crippen molar-refractivity contribution in [1.29, 1.82) is 0 Å². The van der Waals surface area contributed by atoms with Gasteiger partial charge in [-0.05, 0) is 65.7 Å². The van der Waals surface area contributed by atoms with Crippen molar-refractivity contribution in [3.8, 4) is 0 Å². The van der Waals surface area contributed by atoms with Gasteiger partial charge in [0.2, 0.25) is 0 Å². The molecule has 0 atom stereocenters. The van der Waals surface area contributed by atoms with E-state index in [1.165, 1.54) is 18.0 Å². The molecule has 0 saturated carbocycles. The van der Waals surface area contributed by atoms with Gasteiger partial charge in [0.05, 0.1) is 0 Å². The summed E-state index contributed by atoms with van der Waals surface area (Å²) in [5.41, 5.74) is 2.36. The molecule has 0 amide bonds. The standard InChI is InChI=1S/C17H19ClFNS/c1-11-7-12(18)9-14(8-11)21-20-13-5-6-15(16(19)10-13)17(2,3)4/h5-10,20H,1-4H3. The van der Waals surface area contributed by atoms with Crippen molar-refractivity contribution in [2.24, 2.45) is 0 Å². The molecule has 0 radical (unpaired) electrons. The van der Waals surface area contributed by atoms with Crippen molar-refractivity contribution in [3.63, 3.8) is 0 Å². The third kappa shape index (κ3) is 4.39. The Morgan fingerprint density at radius 1 is 1.10 bits per heavy atom. The van der Waals surface area contributed by atoms with Crippen LogP contribution < -0.4 is 4.72 Å². The van der Waals surface area contributed by atoms with Crippen LogP contribution in [0.5, 0.6) is 0 Å².